The predicted octanol–water partition coefficient (Wildman–Crippen LogP) is 5.03. The van der Waals surface area contributed by atoms with E-state index in [0.717, 1.165) is 61.4 Å². The molecule has 0 spiro atoms. The molecule has 0 aliphatic carbocycles. The van der Waals surface area contributed by atoms with Crippen molar-refractivity contribution in [2.24, 2.45) is 0 Å². The summed E-state index contributed by atoms with van der Waals surface area (Å²) >= 11 is 0. The van der Waals surface area contributed by atoms with E-state index in [1.807, 2.05) is 52.6 Å². The number of nitriles is 1. The first-order chi connectivity index (χ1) is 21.9. The average Bonchev–Trinajstić information content (AvgIpc) is 3.65. The highest BCUT2D eigenvalue weighted by molar-refractivity contribution is 5.88. The molecule has 1 N–H and O–H groups in total. The fraction of sp³-hybridized carbons (Fsp3) is 0.303. The number of halogens is 1. The number of ether oxygens (including phenoxy) is 2. The number of piperidine rings is 1. The maximum atomic E-state index is 14.2. The SMILES string of the molecule is CCn1cncc1Cn1c(CN2CCC(Oc3cccc(COc4ccc(C#N)cc4F)c3)CC2)nc2ccc(C(=O)O)nc21. The third-order valence-corrected chi connectivity index (χ3v) is 7.91. The van der Waals surface area contributed by atoms with Crippen molar-refractivity contribution in [1.29, 1.82) is 5.26 Å². The molecule has 1 saturated heterocycles. The van der Waals surface area contributed by atoms with E-state index in [-0.39, 0.29) is 29.7 Å². The normalized spacial score (nSPS) is 14.0. The van der Waals surface area contributed by atoms with Crippen LogP contribution in [-0.4, -0.2) is 59.3 Å². The highest BCUT2D eigenvalue weighted by Crippen LogP contribution is 2.25. The van der Waals surface area contributed by atoms with Crippen molar-refractivity contribution in [1.82, 2.24) is 29.0 Å². The zero-order chi connectivity index (χ0) is 31.3. The van der Waals surface area contributed by atoms with Crippen LogP contribution < -0.4 is 9.47 Å². The Balaban J connectivity index is 1.09. The van der Waals surface area contributed by atoms with Crippen LogP contribution in [-0.2, 0) is 26.2 Å². The van der Waals surface area contributed by atoms with Crippen molar-refractivity contribution >= 4 is 17.1 Å². The van der Waals surface area contributed by atoms with Crippen molar-refractivity contribution < 1.29 is 23.8 Å². The maximum Gasteiger partial charge on any atom is 0.354 e. The van der Waals surface area contributed by atoms with Gasteiger partial charge in [-0.2, -0.15) is 5.26 Å². The van der Waals surface area contributed by atoms with E-state index in [1.165, 1.54) is 18.2 Å². The predicted molar refractivity (Wildman–Crippen MR) is 162 cm³/mol. The van der Waals surface area contributed by atoms with Crippen molar-refractivity contribution in [3.8, 4) is 17.6 Å². The minimum Gasteiger partial charge on any atom is -0.490 e. The van der Waals surface area contributed by atoms with Crippen LogP contribution in [0.15, 0.2) is 67.1 Å². The van der Waals surface area contributed by atoms with Crippen LogP contribution in [0.4, 0.5) is 4.39 Å². The van der Waals surface area contributed by atoms with Crippen molar-refractivity contribution in [2.75, 3.05) is 13.1 Å². The third kappa shape index (κ3) is 6.78. The van der Waals surface area contributed by atoms with E-state index in [9.17, 15) is 14.3 Å². The van der Waals surface area contributed by atoms with Crippen LogP contribution in [0.1, 0.15) is 52.9 Å². The number of rotatable bonds is 11. The second-order valence-corrected chi connectivity index (χ2v) is 10.9. The fourth-order valence-corrected chi connectivity index (χ4v) is 5.52. The molecule has 230 valence electrons. The van der Waals surface area contributed by atoms with E-state index in [4.69, 9.17) is 19.7 Å². The maximum absolute atomic E-state index is 14.2. The quantitative estimate of drug-likeness (QED) is 0.219. The van der Waals surface area contributed by atoms with Gasteiger partial charge in [-0.1, -0.05) is 12.1 Å². The Kier molecular flexibility index (Phi) is 8.70. The molecule has 5 aromatic rings. The lowest BCUT2D eigenvalue weighted by Gasteiger charge is -2.32. The van der Waals surface area contributed by atoms with Gasteiger partial charge in [-0.3, -0.25) is 4.90 Å². The van der Waals surface area contributed by atoms with Crippen LogP contribution in [0.5, 0.6) is 11.5 Å². The molecule has 6 rings (SSSR count). The van der Waals surface area contributed by atoms with E-state index >= 15 is 0 Å². The molecule has 11 nitrogen and oxygen atoms in total. The van der Waals surface area contributed by atoms with Crippen LogP contribution in [0.3, 0.4) is 0 Å². The number of imidazole rings is 2. The molecular weight excluding hydrogens is 577 g/mol. The summed E-state index contributed by atoms with van der Waals surface area (Å²) in [7, 11) is 0. The molecule has 3 aromatic heterocycles. The number of aromatic nitrogens is 5. The summed E-state index contributed by atoms with van der Waals surface area (Å²) in [6.07, 6.45) is 5.27. The monoisotopic (exact) mass is 609 g/mol. The minimum absolute atomic E-state index is 0.0192. The summed E-state index contributed by atoms with van der Waals surface area (Å²) in [6, 6.07) is 16.8. The van der Waals surface area contributed by atoms with E-state index in [2.05, 4.69) is 14.9 Å². The Hall–Kier alpha value is -5.28. The Labute approximate surface area is 259 Å². The van der Waals surface area contributed by atoms with E-state index in [1.54, 1.807) is 12.4 Å². The lowest BCUT2D eigenvalue weighted by Crippen LogP contribution is -2.38. The molecule has 1 fully saturated rings. The number of benzene rings is 2. The fourth-order valence-electron chi connectivity index (χ4n) is 5.52. The van der Waals surface area contributed by atoms with Gasteiger partial charge in [-0.25, -0.2) is 24.1 Å². The number of carboxylic acid groups (broad SMARTS) is 1. The van der Waals surface area contributed by atoms with Gasteiger partial charge in [0.05, 0.1) is 36.7 Å². The molecule has 12 heteroatoms. The Morgan fingerprint density at radius 1 is 1.11 bits per heavy atom. The minimum atomic E-state index is -1.08. The summed E-state index contributed by atoms with van der Waals surface area (Å²) < 4.78 is 30.2. The van der Waals surface area contributed by atoms with Gasteiger partial charge in [0.25, 0.3) is 0 Å². The van der Waals surface area contributed by atoms with E-state index in [0.29, 0.717) is 24.3 Å². The second kappa shape index (κ2) is 13.2. The molecule has 1 aliphatic rings. The molecular formula is C33H32FN7O4. The summed E-state index contributed by atoms with van der Waals surface area (Å²) in [5.74, 6) is -0.0164. The molecule has 45 heavy (non-hydrogen) atoms. The Bertz CT molecular complexity index is 1870. The van der Waals surface area contributed by atoms with Gasteiger partial charge in [0.2, 0.25) is 0 Å². The van der Waals surface area contributed by atoms with Gasteiger partial charge < -0.3 is 23.7 Å². The molecule has 0 saturated carbocycles. The second-order valence-electron chi connectivity index (χ2n) is 10.9. The zero-order valence-corrected chi connectivity index (χ0v) is 24.8. The van der Waals surface area contributed by atoms with Crippen molar-refractivity contribution in [2.45, 2.75) is 52.1 Å². The number of carbonyl (C=O) groups is 1. The number of aromatic carboxylic acids is 1. The van der Waals surface area contributed by atoms with Gasteiger partial charge in [0.15, 0.2) is 22.9 Å². The van der Waals surface area contributed by atoms with Crippen LogP contribution in [0.2, 0.25) is 0 Å². The van der Waals surface area contributed by atoms with Gasteiger partial charge in [-0.15, -0.1) is 0 Å². The lowest BCUT2D eigenvalue weighted by atomic mass is 10.1. The summed E-state index contributed by atoms with van der Waals surface area (Å²) in [6.45, 7) is 5.65. The molecule has 1 aliphatic heterocycles. The molecule has 0 amide bonds. The highest BCUT2D eigenvalue weighted by atomic mass is 19.1. The standard InChI is InChI=1S/C33H32FN7O4/c1-2-40-21-36-17-24(40)18-41-31(37-28-7-8-29(33(42)43)38-32(28)41)19-39-12-10-25(11-13-39)45-26-5-3-4-23(14-26)20-44-30-9-6-22(16-35)15-27(30)34/h3-9,14-15,17,21,25H,2,10-13,18-20H2,1H3,(H,42,43). The number of nitrogens with zero attached hydrogens (tertiary/aromatic N) is 7. The number of hydrogen-bond donors (Lipinski definition) is 1. The number of carboxylic acids is 1. The summed E-state index contributed by atoms with van der Waals surface area (Å²) in [5.41, 5.74) is 3.25. The summed E-state index contributed by atoms with van der Waals surface area (Å²) in [5, 5.41) is 18.5. The topological polar surface area (TPSA) is 131 Å². The molecule has 0 bridgehead atoms. The third-order valence-electron chi connectivity index (χ3n) is 7.91. The average molecular weight is 610 g/mol. The number of pyridine rings is 1. The van der Waals surface area contributed by atoms with Crippen molar-refractivity contribution in [3.05, 3.63) is 101 Å². The van der Waals surface area contributed by atoms with Crippen LogP contribution in [0, 0.1) is 17.1 Å². The Morgan fingerprint density at radius 3 is 2.71 bits per heavy atom. The number of fused-ring (bicyclic) bond motifs is 1. The zero-order valence-electron chi connectivity index (χ0n) is 24.8. The van der Waals surface area contributed by atoms with Gasteiger partial charge in [0, 0.05) is 25.8 Å². The van der Waals surface area contributed by atoms with E-state index < -0.39 is 11.8 Å². The van der Waals surface area contributed by atoms with Gasteiger partial charge >= 0.3 is 5.97 Å². The molecule has 2 aromatic carbocycles. The number of hydrogen-bond acceptors (Lipinski definition) is 8. The van der Waals surface area contributed by atoms with Gasteiger partial charge in [0.1, 0.15) is 29.8 Å². The number of aryl methyl sites for hydroxylation is 1. The largest absolute Gasteiger partial charge is 0.490 e. The number of likely N-dealkylation sites (tertiary alicyclic amines) is 1. The lowest BCUT2D eigenvalue weighted by molar-refractivity contribution is 0.0691. The molecule has 4 heterocycles. The highest BCUT2D eigenvalue weighted by Gasteiger charge is 2.24. The molecule has 0 atom stereocenters. The molecule has 0 radical (unpaired) electrons. The van der Waals surface area contributed by atoms with Crippen LogP contribution in [0.25, 0.3) is 11.2 Å². The first-order valence-electron chi connectivity index (χ1n) is 14.8. The van der Waals surface area contributed by atoms with Crippen molar-refractivity contribution in [3.63, 3.8) is 0 Å². The van der Waals surface area contributed by atoms with Crippen LogP contribution >= 0.6 is 0 Å². The molecule has 0 unspecified atom stereocenters. The van der Waals surface area contributed by atoms with Gasteiger partial charge in [-0.05, 0) is 67.8 Å². The first kappa shape index (κ1) is 29.8. The summed E-state index contributed by atoms with van der Waals surface area (Å²) in [4.78, 5) is 27.5. The first-order valence-corrected chi connectivity index (χ1v) is 14.8. The smallest absolute Gasteiger partial charge is 0.354 e. The Morgan fingerprint density at radius 2 is 1.96 bits per heavy atom.